The van der Waals surface area contributed by atoms with Crippen molar-refractivity contribution in [2.75, 3.05) is 0 Å². The molecule has 1 atom stereocenters. The van der Waals surface area contributed by atoms with Crippen molar-refractivity contribution in [1.29, 1.82) is 0 Å². The van der Waals surface area contributed by atoms with Gasteiger partial charge in [-0.1, -0.05) is 30.3 Å². The predicted octanol–water partition coefficient (Wildman–Crippen LogP) is 3.02. The molecule has 0 saturated carbocycles. The molecule has 1 aromatic carbocycles. The molecule has 0 aliphatic rings. The summed E-state index contributed by atoms with van der Waals surface area (Å²) >= 11 is 0. The number of amides is 1. The number of hydrogen-bond acceptors (Lipinski definition) is 2. The molecule has 1 aromatic heterocycles. The van der Waals surface area contributed by atoms with Gasteiger partial charge in [0.05, 0.1) is 0 Å². The van der Waals surface area contributed by atoms with Crippen LogP contribution in [0.15, 0.2) is 42.5 Å². The van der Waals surface area contributed by atoms with Crippen LogP contribution in [-0.2, 0) is 16.1 Å². The molecule has 0 spiro atoms. The standard InChI is InChI=1S/C21H26N2O3/c1-15-13-19(18-9-5-4-6-10-18)14-16(2)23(15)12-8-7-11-20(21(25)26)22-17(3)24/h4-6,9-10,13-14,20H,7-8,11-12H2,1-3H3,(H-,22,24,25,26)/p+1/t20-/m0/s1. The fourth-order valence-corrected chi connectivity index (χ4v) is 3.20. The Labute approximate surface area is 154 Å². The second-order valence-electron chi connectivity index (χ2n) is 6.63. The molecule has 1 amide bonds. The second kappa shape index (κ2) is 9.13. The summed E-state index contributed by atoms with van der Waals surface area (Å²) in [4.78, 5) is 22.2. The highest BCUT2D eigenvalue weighted by Crippen LogP contribution is 2.19. The zero-order valence-electron chi connectivity index (χ0n) is 15.7. The molecule has 2 rings (SSSR count). The molecule has 0 unspecified atom stereocenters. The number of aromatic nitrogens is 1. The Bertz CT molecular complexity index is 749. The molecule has 0 fully saturated rings. The van der Waals surface area contributed by atoms with Crippen LogP contribution in [0.25, 0.3) is 11.1 Å². The summed E-state index contributed by atoms with van der Waals surface area (Å²) in [6, 6.07) is 13.8. The van der Waals surface area contributed by atoms with Gasteiger partial charge in [-0.2, -0.15) is 0 Å². The Balaban J connectivity index is 1.98. The largest absolute Gasteiger partial charge is 0.480 e. The molecule has 0 aliphatic carbocycles. The Hall–Kier alpha value is -2.69. The summed E-state index contributed by atoms with van der Waals surface area (Å²) in [5.74, 6) is -1.29. The zero-order chi connectivity index (χ0) is 19.1. The van der Waals surface area contributed by atoms with E-state index in [1.807, 2.05) is 18.2 Å². The van der Waals surface area contributed by atoms with Gasteiger partial charge in [0.25, 0.3) is 0 Å². The average molecular weight is 355 g/mol. The van der Waals surface area contributed by atoms with E-state index in [4.69, 9.17) is 5.11 Å². The first-order chi connectivity index (χ1) is 12.4. The number of carbonyl (C=O) groups excluding carboxylic acids is 1. The maximum absolute atomic E-state index is 11.2. The third-order valence-electron chi connectivity index (χ3n) is 4.49. The van der Waals surface area contributed by atoms with Crippen LogP contribution in [0.5, 0.6) is 0 Å². The fourth-order valence-electron chi connectivity index (χ4n) is 3.20. The van der Waals surface area contributed by atoms with Crippen LogP contribution in [0.3, 0.4) is 0 Å². The molecular formula is C21H27N2O3+. The van der Waals surface area contributed by atoms with Crippen molar-refractivity contribution in [2.24, 2.45) is 0 Å². The van der Waals surface area contributed by atoms with E-state index in [2.05, 4.69) is 48.0 Å². The molecule has 0 saturated heterocycles. The molecule has 26 heavy (non-hydrogen) atoms. The first-order valence-corrected chi connectivity index (χ1v) is 8.95. The average Bonchev–Trinajstić information content (AvgIpc) is 2.59. The fraction of sp³-hybridized carbons (Fsp3) is 0.381. The number of pyridine rings is 1. The normalized spacial score (nSPS) is 11.8. The van der Waals surface area contributed by atoms with E-state index < -0.39 is 12.0 Å². The summed E-state index contributed by atoms with van der Waals surface area (Å²) in [7, 11) is 0. The number of hydrogen-bond donors (Lipinski definition) is 2. The number of carboxylic acid groups (broad SMARTS) is 1. The first-order valence-electron chi connectivity index (χ1n) is 8.95. The number of carboxylic acids is 1. The van der Waals surface area contributed by atoms with E-state index in [0.29, 0.717) is 6.42 Å². The predicted molar refractivity (Wildman–Crippen MR) is 101 cm³/mol. The van der Waals surface area contributed by atoms with Gasteiger partial charge in [0, 0.05) is 39.3 Å². The lowest BCUT2D eigenvalue weighted by atomic mass is 10.0. The van der Waals surface area contributed by atoms with Gasteiger partial charge in [-0.15, -0.1) is 0 Å². The number of unbranched alkanes of at least 4 members (excludes halogenated alkanes) is 1. The molecule has 5 nitrogen and oxygen atoms in total. The lowest BCUT2D eigenvalue weighted by molar-refractivity contribution is -0.708. The van der Waals surface area contributed by atoms with Gasteiger partial charge in [-0.05, 0) is 24.0 Å². The van der Waals surface area contributed by atoms with E-state index in [0.717, 1.165) is 19.4 Å². The topological polar surface area (TPSA) is 70.3 Å². The summed E-state index contributed by atoms with van der Waals surface area (Å²) < 4.78 is 2.25. The van der Waals surface area contributed by atoms with Crippen molar-refractivity contribution in [1.82, 2.24) is 5.32 Å². The number of aliphatic carboxylic acids is 1. The maximum Gasteiger partial charge on any atom is 0.326 e. The number of benzene rings is 1. The summed E-state index contributed by atoms with van der Waals surface area (Å²) in [6.45, 7) is 6.36. The monoisotopic (exact) mass is 355 g/mol. The lowest BCUT2D eigenvalue weighted by Crippen LogP contribution is -2.41. The van der Waals surface area contributed by atoms with Crippen LogP contribution in [0.2, 0.25) is 0 Å². The summed E-state index contributed by atoms with van der Waals surface area (Å²) in [5, 5.41) is 11.6. The van der Waals surface area contributed by atoms with Gasteiger partial charge in [0.1, 0.15) is 12.6 Å². The van der Waals surface area contributed by atoms with Crippen LogP contribution < -0.4 is 9.88 Å². The van der Waals surface area contributed by atoms with E-state index in [9.17, 15) is 9.59 Å². The van der Waals surface area contributed by atoms with Gasteiger partial charge in [-0.3, -0.25) is 4.79 Å². The molecule has 5 heteroatoms. The van der Waals surface area contributed by atoms with Gasteiger partial charge >= 0.3 is 5.97 Å². The maximum atomic E-state index is 11.2. The van der Waals surface area contributed by atoms with Gasteiger partial charge < -0.3 is 10.4 Å². The smallest absolute Gasteiger partial charge is 0.326 e. The zero-order valence-corrected chi connectivity index (χ0v) is 15.7. The minimum atomic E-state index is -0.979. The lowest BCUT2D eigenvalue weighted by Gasteiger charge is -2.13. The van der Waals surface area contributed by atoms with Crippen LogP contribution in [-0.4, -0.2) is 23.0 Å². The molecule has 2 N–H and O–H groups in total. The Morgan fingerprint density at radius 1 is 1.04 bits per heavy atom. The van der Waals surface area contributed by atoms with Crippen molar-refractivity contribution in [3.63, 3.8) is 0 Å². The van der Waals surface area contributed by atoms with Gasteiger partial charge in [0.15, 0.2) is 11.4 Å². The number of nitrogens with one attached hydrogen (secondary N) is 1. The molecule has 138 valence electrons. The molecule has 2 aromatic rings. The summed E-state index contributed by atoms with van der Waals surface area (Å²) in [5.41, 5.74) is 4.76. The van der Waals surface area contributed by atoms with E-state index >= 15 is 0 Å². The number of rotatable bonds is 8. The van der Waals surface area contributed by atoms with Crippen molar-refractivity contribution in [3.05, 3.63) is 53.9 Å². The molecule has 0 bridgehead atoms. The van der Waals surface area contributed by atoms with Gasteiger partial charge in [0.2, 0.25) is 5.91 Å². The minimum absolute atomic E-state index is 0.310. The van der Waals surface area contributed by atoms with Crippen molar-refractivity contribution in [2.45, 2.75) is 52.6 Å². The molecule has 0 aliphatic heterocycles. The third-order valence-corrected chi connectivity index (χ3v) is 4.49. The minimum Gasteiger partial charge on any atom is -0.480 e. The Kier molecular flexibility index (Phi) is 6.89. The first kappa shape index (κ1) is 19.6. The van der Waals surface area contributed by atoms with E-state index in [1.54, 1.807) is 0 Å². The quantitative estimate of drug-likeness (QED) is 0.565. The Morgan fingerprint density at radius 2 is 1.65 bits per heavy atom. The molecule has 1 heterocycles. The van der Waals surface area contributed by atoms with Crippen LogP contribution in [0, 0.1) is 13.8 Å². The highest BCUT2D eigenvalue weighted by atomic mass is 16.4. The van der Waals surface area contributed by atoms with Gasteiger partial charge in [-0.25, -0.2) is 9.36 Å². The van der Waals surface area contributed by atoms with E-state index in [-0.39, 0.29) is 5.91 Å². The van der Waals surface area contributed by atoms with Crippen molar-refractivity contribution >= 4 is 11.9 Å². The number of carbonyl (C=O) groups is 2. The second-order valence-corrected chi connectivity index (χ2v) is 6.63. The van der Waals surface area contributed by atoms with Crippen LogP contribution >= 0.6 is 0 Å². The van der Waals surface area contributed by atoms with Crippen molar-refractivity contribution < 1.29 is 19.3 Å². The number of nitrogens with zero attached hydrogens (tertiary/aromatic N) is 1. The highest BCUT2D eigenvalue weighted by molar-refractivity contribution is 5.81. The van der Waals surface area contributed by atoms with Crippen LogP contribution in [0.4, 0.5) is 0 Å². The third kappa shape index (κ3) is 5.41. The van der Waals surface area contributed by atoms with Crippen LogP contribution in [0.1, 0.15) is 37.6 Å². The molecule has 0 radical (unpaired) electrons. The Morgan fingerprint density at radius 3 is 2.19 bits per heavy atom. The SMILES string of the molecule is CC(=O)N[C@@H](CCCC[n+]1c(C)cc(-c2ccccc2)cc1C)C(=O)O. The van der Waals surface area contributed by atoms with E-state index in [1.165, 1.54) is 29.4 Å². The molecular weight excluding hydrogens is 328 g/mol. The number of aryl methyl sites for hydroxylation is 2. The highest BCUT2D eigenvalue weighted by Gasteiger charge is 2.18. The van der Waals surface area contributed by atoms with Crippen molar-refractivity contribution in [3.8, 4) is 11.1 Å². The summed E-state index contributed by atoms with van der Waals surface area (Å²) in [6.07, 6.45) is 2.04.